The van der Waals surface area contributed by atoms with Crippen LogP contribution in [0.25, 0.3) is 0 Å². The maximum atomic E-state index is 11.6. The fourth-order valence-electron chi connectivity index (χ4n) is 1.33. The first-order valence-electron chi connectivity index (χ1n) is 5.24. The van der Waals surface area contributed by atoms with E-state index in [4.69, 9.17) is 4.74 Å². The van der Waals surface area contributed by atoms with Crippen LogP contribution in [0.3, 0.4) is 0 Å². The number of nitrogens with one attached hydrogen (secondary N) is 1. The molecule has 0 aliphatic rings. The molecule has 0 spiro atoms. The summed E-state index contributed by atoms with van der Waals surface area (Å²) in [6.45, 7) is 2.15. The molecule has 0 radical (unpaired) electrons. The molecule has 1 aromatic heterocycles. The van der Waals surface area contributed by atoms with Gasteiger partial charge in [-0.3, -0.25) is 0 Å². The Bertz CT molecular complexity index is 496. The normalized spacial score (nSPS) is 9.94. The molecule has 0 saturated carbocycles. The molecule has 2 aromatic rings. The van der Waals surface area contributed by atoms with E-state index in [0.717, 1.165) is 10.2 Å². The maximum absolute atomic E-state index is 11.6. The molecule has 0 unspecified atom stereocenters. The van der Waals surface area contributed by atoms with Crippen LogP contribution in [-0.4, -0.2) is 32.1 Å². The zero-order chi connectivity index (χ0) is 12.1. The Morgan fingerprint density at radius 2 is 2.18 bits per heavy atom. The molecule has 88 valence electrons. The second-order valence-electron chi connectivity index (χ2n) is 3.24. The van der Waals surface area contributed by atoms with Crippen LogP contribution in [-0.2, 0) is 4.74 Å². The predicted molar refractivity (Wildman–Crippen MR) is 66.9 cm³/mol. The topological polar surface area (TPSA) is 51.2 Å². The molecule has 1 aromatic carbocycles. The Labute approximate surface area is 105 Å². The summed E-state index contributed by atoms with van der Waals surface area (Å²) >= 11 is 0.0674. The van der Waals surface area contributed by atoms with Gasteiger partial charge in [0.05, 0.1) is 0 Å². The van der Waals surface area contributed by atoms with Crippen LogP contribution in [0.4, 0.5) is 10.2 Å². The summed E-state index contributed by atoms with van der Waals surface area (Å²) in [4.78, 5) is 15.7. The van der Waals surface area contributed by atoms with Gasteiger partial charge in [0.25, 0.3) is 0 Å². The van der Waals surface area contributed by atoms with Gasteiger partial charge in [-0.15, -0.1) is 0 Å². The number of benzene rings is 1. The first-order valence-corrected chi connectivity index (χ1v) is 7.08. The molecule has 0 aliphatic carbocycles. The van der Waals surface area contributed by atoms with Gasteiger partial charge in [0, 0.05) is 0 Å². The molecular weight excluding hydrogens is 283 g/mol. The van der Waals surface area contributed by atoms with Crippen molar-refractivity contribution in [2.24, 2.45) is 0 Å². The van der Waals surface area contributed by atoms with E-state index < -0.39 is 0 Å². The molecule has 0 atom stereocenters. The third kappa shape index (κ3) is 2.96. The van der Waals surface area contributed by atoms with Crippen LogP contribution in [0.5, 0.6) is 0 Å². The molecule has 1 heterocycles. The molecular formula is C12H12N2O2Se. The summed E-state index contributed by atoms with van der Waals surface area (Å²) in [6.07, 6.45) is 0. The minimum atomic E-state index is -0.360. The zero-order valence-corrected chi connectivity index (χ0v) is 11.1. The van der Waals surface area contributed by atoms with Gasteiger partial charge < -0.3 is 0 Å². The first-order chi connectivity index (χ1) is 8.31. The Morgan fingerprint density at radius 3 is 2.88 bits per heavy atom. The van der Waals surface area contributed by atoms with E-state index in [2.05, 4.69) is 10.3 Å². The van der Waals surface area contributed by atoms with Crippen molar-refractivity contribution in [1.29, 1.82) is 0 Å². The van der Waals surface area contributed by atoms with Gasteiger partial charge in [-0.1, -0.05) is 0 Å². The summed E-state index contributed by atoms with van der Waals surface area (Å²) in [5.74, 6) is -0.360. The van der Waals surface area contributed by atoms with Gasteiger partial charge in [0.2, 0.25) is 0 Å². The van der Waals surface area contributed by atoms with Crippen molar-refractivity contribution in [3.63, 3.8) is 0 Å². The minimum absolute atomic E-state index is 0.0674. The van der Waals surface area contributed by atoms with Crippen LogP contribution in [0.1, 0.15) is 17.4 Å². The summed E-state index contributed by atoms with van der Waals surface area (Å²) in [6, 6.07) is 9.72. The molecule has 0 aliphatic heterocycles. The monoisotopic (exact) mass is 296 g/mol. The predicted octanol–water partition coefficient (Wildman–Crippen LogP) is 2.06. The molecule has 2 rings (SSSR count). The third-order valence-corrected chi connectivity index (χ3v) is 3.62. The second-order valence-corrected chi connectivity index (χ2v) is 5.03. The van der Waals surface area contributed by atoms with Crippen LogP contribution in [0.15, 0.2) is 35.4 Å². The summed E-state index contributed by atoms with van der Waals surface area (Å²) < 4.78 is 5.80. The van der Waals surface area contributed by atoms with Crippen molar-refractivity contribution < 1.29 is 9.53 Å². The van der Waals surface area contributed by atoms with Crippen LogP contribution in [0, 0.1) is 0 Å². The number of carbonyl (C=O) groups excluding carboxylic acids is 1. The first kappa shape index (κ1) is 11.9. The average molecular weight is 295 g/mol. The molecule has 1 N–H and O–H groups in total. The fourth-order valence-corrected chi connectivity index (χ4v) is 2.78. The Kier molecular flexibility index (Phi) is 3.96. The van der Waals surface area contributed by atoms with E-state index in [1.807, 2.05) is 30.3 Å². The molecule has 5 heteroatoms. The number of aromatic nitrogens is 1. The van der Waals surface area contributed by atoms with Gasteiger partial charge in [-0.2, -0.15) is 0 Å². The van der Waals surface area contributed by atoms with E-state index in [9.17, 15) is 4.79 Å². The van der Waals surface area contributed by atoms with Crippen LogP contribution < -0.4 is 5.32 Å². The zero-order valence-electron chi connectivity index (χ0n) is 9.34. The van der Waals surface area contributed by atoms with Crippen molar-refractivity contribution in [3.05, 3.63) is 41.1 Å². The average Bonchev–Trinajstić information content (AvgIpc) is 2.79. The summed E-state index contributed by atoms with van der Waals surface area (Å²) in [5.41, 5.74) is 1.35. The van der Waals surface area contributed by atoms with Crippen molar-refractivity contribution in [1.82, 2.24) is 4.98 Å². The van der Waals surface area contributed by atoms with E-state index in [1.165, 1.54) is 0 Å². The van der Waals surface area contributed by atoms with Crippen LogP contribution in [0.2, 0.25) is 0 Å². The molecule has 0 bridgehead atoms. The number of ether oxygens (including phenoxy) is 1. The van der Waals surface area contributed by atoms with Gasteiger partial charge in [-0.25, -0.2) is 0 Å². The van der Waals surface area contributed by atoms with Crippen LogP contribution >= 0.6 is 0 Å². The van der Waals surface area contributed by atoms with Gasteiger partial charge >= 0.3 is 105 Å². The van der Waals surface area contributed by atoms with E-state index in [0.29, 0.717) is 12.3 Å². The van der Waals surface area contributed by atoms with Crippen molar-refractivity contribution in [2.45, 2.75) is 6.92 Å². The van der Waals surface area contributed by atoms with Crippen molar-refractivity contribution in [2.75, 3.05) is 11.9 Å². The standard InChI is InChI=1S/C12H12N2O2Se/c1-2-16-12(15)10-11(17-8-13-10)14-9-6-4-3-5-7-9/h3-8,14H,2H2,1H3. The van der Waals surface area contributed by atoms with E-state index >= 15 is 0 Å². The van der Waals surface area contributed by atoms with Crippen molar-refractivity contribution >= 4 is 30.7 Å². The van der Waals surface area contributed by atoms with E-state index in [-0.39, 0.29) is 20.5 Å². The number of carbonyl (C=O) groups is 1. The summed E-state index contributed by atoms with van der Waals surface area (Å²) in [5, 5.41) is 4.98. The molecule has 0 fully saturated rings. The Morgan fingerprint density at radius 1 is 1.41 bits per heavy atom. The number of esters is 1. The quantitative estimate of drug-likeness (QED) is 0.693. The fraction of sp³-hybridized carbons (Fsp3) is 0.167. The van der Waals surface area contributed by atoms with Gasteiger partial charge in [0.1, 0.15) is 0 Å². The number of hydrogen-bond acceptors (Lipinski definition) is 4. The Balaban J connectivity index is 2.17. The number of hydrogen-bond donors (Lipinski definition) is 1. The molecule has 0 amide bonds. The SMILES string of the molecule is CCOC(=O)c1nc[se]c1Nc1ccccc1. The molecule has 4 nitrogen and oxygen atoms in total. The number of para-hydroxylation sites is 1. The van der Waals surface area contributed by atoms with Crippen molar-refractivity contribution in [3.8, 4) is 0 Å². The molecule has 0 saturated heterocycles. The number of nitrogens with zero attached hydrogens (tertiary/aromatic N) is 1. The number of anilines is 2. The van der Waals surface area contributed by atoms with E-state index in [1.54, 1.807) is 12.0 Å². The third-order valence-electron chi connectivity index (χ3n) is 2.07. The second kappa shape index (κ2) is 5.66. The Hall–Kier alpha value is -1.58. The van der Waals surface area contributed by atoms with Gasteiger partial charge in [-0.05, 0) is 0 Å². The molecule has 17 heavy (non-hydrogen) atoms. The van der Waals surface area contributed by atoms with Gasteiger partial charge in [0.15, 0.2) is 0 Å². The summed E-state index contributed by atoms with van der Waals surface area (Å²) in [7, 11) is 0. The number of rotatable bonds is 4.